The Bertz CT molecular complexity index is 711. The van der Waals surface area contributed by atoms with Crippen molar-refractivity contribution in [2.45, 2.75) is 6.42 Å². The third kappa shape index (κ3) is 2.01. The molecule has 20 heavy (non-hydrogen) atoms. The van der Waals surface area contributed by atoms with Gasteiger partial charge in [0, 0.05) is 17.6 Å². The number of nitrogens with two attached hydrogens (primary N) is 1. The maximum absolute atomic E-state index is 12.4. The lowest BCUT2D eigenvalue weighted by atomic mass is 10.1. The molecule has 7 heteroatoms. The molecule has 6 nitrogen and oxygen atoms in total. The quantitative estimate of drug-likeness (QED) is 0.875. The van der Waals surface area contributed by atoms with Crippen LogP contribution in [0.5, 0.6) is 0 Å². The van der Waals surface area contributed by atoms with Crippen molar-refractivity contribution in [2.24, 2.45) is 0 Å². The number of anilines is 2. The van der Waals surface area contributed by atoms with Crippen LogP contribution in [0.1, 0.15) is 26.4 Å². The Balaban J connectivity index is 1.97. The van der Waals surface area contributed by atoms with Gasteiger partial charge < -0.3 is 15.7 Å². The van der Waals surface area contributed by atoms with E-state index in [0.29, 0.717) is 29.5 Å². The second-order valence-electron chi connectivity index (χ2n) is 4.43. The number of nitrogens with zero attached hydrogens (tertiary/aromatic N) is 2. The number of hydrogen-bond acceptors (Lipinski definition) is 5. The molecule has 0 atom stereocenters. The first-order chi connectivity index (χ1) is 9.56. The first kappa shape index (κ1) is 12.6. The highest BCUT2D eigenvalue weighted by molar-refractivity contribution is 7.13. The van der Waals surface area contributed by atoms with E-state index in [2.05, 4.69) is 4.98 Å². The third-order valence-corrected chi connectivity index (χ3v) is 3.89. The number of carbonyl (C=O) groups is 2. The van der Waals surface area contributed by atoms with Gasteiger partial charge in [0.2, 0.25) is 0 Å². The highest BCUT2D eigenvalue weighted by Gasteiger charge is 2.27. The third-order valence-electron chi connectivity index (χ3n) is 3.21. The van der Waals surface area contributed by atoms with Crippen molar-refractivity contribution in [3.05, 3.63) is 40.4 Å². The summed E-state index contributed by atoms with van der Waals surface area (Å²) >= 11 is 1.21. The molecule has 0 unspecified atom stereocenters. The lowest BCUT2D eigenvalue weighted by molar-refractivity contribution is 0.0696. The van der Waals surface area contributed by atoms with Gasteiger partial charge in [-0.15, -0.1) is 11.3 Å². The van der Waals surface area contributed by atoms with E-state index in [-0.39, 0.29) is 11.5 Å². The van der Waals surface area contributed by atoms with Crippen LogP contribution in [-0.4, -0.2) is 28.5 Å². The van der Waals surface area contributed by atoms with Gasteiger partial charge in [0.25, 0.3) is 5.91 Å². The fourth-order valence-electron chi connectivity index (χ4n) is 2.25. The molecule has 0 saturated carbocycles. The maximum Gasteiger partial charge on any atom is 0.335 e. The number of amides is 1. The fraction of sp³-hybridized carbons (Fsp3) is 0.154. The molecule has 0 spiro atoms. The van der Waals surface area contributed by atoms with Gasteiger partial charge in [-0.1, -0.05) is 6.07 Å². The molecule has 0 bridgehead atoms. The summed E-state index contributed by atoms with van der Waals surface area (Å²) in [6.45, 7) is 0.522. The molecule has 2 heterocycles. The summed E-state index contributed by atoms with van der Waals surface area (Å²) in [6, 6.07) is 4.83. The SMILES string of the molecule is Nc1nc(C(=O)N2CCc3ccc(C(=O)O)cc32)cs1. The molecule has 3 rings (SSSR count). The number of thiazole rings is 1. The maximum atomic E-state index is 12.4. The molecule has 1 aromatic carbocycles. The zero-order valence-electron chi connectivity index (χ0n) is 10.4. The number of hydrogen-bond donors (Lipinski definition) is 2. The van der Waals surface area contributed by atoms with Crippen LogP contribution in [0.3, 0.4) is 0 Å². The Morgan fingerprint density at radius 2 is 2.20 bits per heavy atom. The average molecular weight is 289 g/mol. The van der Waals surface area contributed by atoms with Crippen LogP contribution in [-0.2, 0) is 6.42 Å². The van der Waals surface area contributed by atoms with Crippen LogP contribution in [0.2, 0.25) is 0 Å². The van der Waals surface area contributed by atoms with E-state index in [1.807, 2.05) is 0 Å². The highest BCUT2D eigenvalue weighted by atomic mass is 32.1. The Labute approximate surface area is 118 Å². The Morgan fingerprint density at radius 1 is 1.40 bits per heavy atom. The summed E-state index contributed by atoms with van der Waals surface area (Å²) in [7, 11) is 0. The molecule has 0 fully saturated rings. The van der Waals surface area contributed by atoms with Gasteiger partial charge in [-0.25, -0.2) is 9.78 Å². The van der Waals surface area contributed by atoms with Crippen molar-refractivity contribution >= 4 is 34.0 Å². The number of aromatic carboxylic acids is 1. The van der Waals surface area contributed by atoms with Crippen molar-refractivity contribution in [3.63, 3.8) is 0 Å². The van der Waals surface area contributed by atoms with Crippen LogP contribution in [0.4, 0.5) is 10.8 Å². The minimum Gasteiger partial charge on any atom is -0.478 e. The predicted octanol–water partition coefficient (Wildman–Crippen LogP) is 1.63. The summed E-state index contributed by atoms with van der Waals surface area (Å²) in [5.74, 6) is -1.26. The standard InChI is InChI=1S/C13H11N3O3S/c14-13-15-9(6-20-13)11(17)16-4-3-7-1-2-8(12(18)19)5-10(7)16/h1-2,5-6H,3-4H2,(H2,14,15)(H,18,19). The van der Waals surface area contributed by atoms with Crippen molar-refractivity contribution < 1.29 is 14.7 Å². The summed E-state index contributed by atoms with van der Waals surface area (Å²) in [4.78, 5) is 28.9. The predicted molar refractivity (Wildman–Crippen MR) is 75.3 cm³/mol. The number of aromatic nitrogens is 1. The Kier molecular flexibility index (Phi) is 2.90. The smallest absolute Gasteiger partial charge is 0.335 e. The van der Waals surface area contributed by atoms with Crippen LogP contribution < -0.4 is 10.6 Å². The van der Waals surface area contributed by atoms with Gasteiger partial charge in [-0.05, 0) is 24.1 Å². The minimum atomic E-state index is -1.01. The molecule has 3 N–H and O–H groups in total. The minimum absolute atomic E-state index is 0.168. The Hall–Kier alpha value is -2.41. The summed E-state index contributed by atoms with van der Waals surface area (Å²) < 4.78 is 0. The largest absolute Gasteiger partial charge is 0.478 e. The van der Waals surface area contributed by atoms with Gasteiger partial charge in [0.1, 0.15) is 5.69 Å². The molecular weight excluding hydrogens is 278 g/mol. The van der Waals surface area contributed by atoms with Gasteiger partial charge in [0.15, 0.2) is 5.13 Å². The van der Waals surface area contributed by atoms with E-state index in [1.54, 1.807) is 22.4 Å². The number of carbonyl (C=O) groups excluding carboxylic acids is 1. The second kappa shape index (κ2) is 4.61. The lowest BCUT2D eigenvalue weighted by Crippen LogP contribution is -2.29. The number of rotatable bonds is 2. The van der Waals surface area contributed by atoms with Crippen LogP contribution in [0.25, 0.3) is 0 Å². The Morgan fingerprint density at radius 3 is 2.85 bits per heavy atom. The second-order valence-corrected chi connectivity index (χ2v) is 5.32. The van der Waals surface area contributed by atoms with Crippen molar-refractivity contribution in [1.29, 1.82) is 0 Å². The highest BCUT2D eigenvalue weighted by Crippen LogP contribution is 2.30. The number of fused-ring (bicyclic) bond motifs is 1. The molecule has 102 valence electrons. The molecule has 2 aromatic rings. The molecule has 0 radical (unpaired) electrons. The van der Waals surface area contributed by atoms with Crippen molar-refractivity contribution in [2.75, 3.05) is 17.2 Å². The molecular formula is C13H11N3O3S. The van der Waals surface area contributed by atoms with Gasteiger partial charge in [-0.3, -0.25) is 4.79 Å². The zero-order valence-corrected chi connectivity index (χ0v) is 11.2. The lowest BCUT2D eigenvalue weighted by Gasteiger charge is -2.16. The van der Waals surface area contributed by atoms with Crippen molar-refractivity contribution in [3.8, 4) is 0 Å². The van der Waals surface area contributed by atoms with E-state index in [4.69, 9.17) is 10.8 Å². The first-order valence-electron chi connectivity index (χ1n) is 5.95. The summed E-state index contributed by atoms with van der Waals surface area (Å²) in [5.41, 5.74) is 7.60. The number of nitrogen functional groups attached to an aromatic ring is 1. The molecule has 0 saturated heterocycles. The first-order valence-corrected chi connectivity index (χ1v) is 6.83. The van der Waals surface area contributed by atoms with E-state index in [9.17, 15) is 9.59 Å². The van der Waals surface area contributed by atoms with E-state index < -0.39 is 5.97 Å². The normalized spacial score (nSPS) is 13.3. The number of carboxylic acids is 1. The number of carboxylic acid groups (broad SMARTS) is 1. The average Bonchev–Trinajstić information content (AvgIpc) is 3.03. The van der Waals surface area contributed by atoms with E-state index in [0.717, 1.165) is 5.56 Å². The fourth-order valence-corrected chi connectivity index (χ4v) is 2.78. The van der Waals surface area contributed by atoms with E-state index in [1.165, 1.54) is 17.4 Å². The molecule has 1 aliphatic rings. The monoisotopic (exact) mass is 289 g/mol. The molecule has 0 aliphatic carbocycles. The van der Waals surface area contributed by atoms with E-state index >= 15 is 0 Å². The van der Waals surface area contributed by atoms with Crippen molar-refractivity contribution in [1.82, 2.24) is 4.98 Å². The van der Waals surface area contributed by atoms with Gasteiger partial charge in [0.05, 0.1) is 5.56 Å². The van der Waals surface area contributed by atoms with Crippen LogP contribution in [0.15, 0.2) is 23.6 Å². The molecule has 1 amide bonds. The van der Waals surface area contributed by atoms with Crippen LogP contribution in [0, 0.1) is 0 Å². The van der Waals surface area contributed by atoms with Crippen LogP contribution >= 0.6 is 11.3 Å². The zero-order chi connectivity index (χ0) is 14.3. The van der Waals surface area contributed by atoms with Gasteiger partial charge >= 0.3 is 5.97 Å². The molecule has 1 aliphatic heterocycles. The summed E-state index contributed by atoms with van der Waals surface area (Å²) in [6.07, 6.45) is 0.709. The molecule has 1 aromatic heterocycles. The topological polar surface area (TPSA) is 96.5 Å². The number of benzene rings is 1. The summed E-state index contributed by atoms with van der Waals surface area (Å²) in [5, 5.41) is 11.0. The van der Waals surface area contributed by atoms with Gasteiger partial charge in [-0.2, -0.15) is 0 Å².